The van der Waals surface area contributed by atoms with E-state index in [0.29, 0.717) is 0 Å². The number of aliphatic hydroxyl groups excluding tert-OH is 2. The lowest BCUT2D eigenvalue weighted by Gasteiger charge is -2.39. The lowest BCUT2D eigenvalue weighted by atomic mass is 9.63. The van der Waals surface area contributed by atoms with Crippen LogP contribution in [0.1, 0.15) is 116 Å². The number of hydrogen-bond donors (Lipinski definition) is 8. The van der Waals surface area contributed by atoms with Crippen LogP contribution < -0.4 is 0 Å². The zero-order chi connectivity index (χ0) is 31.8. The maximum absolute atomic E-state index is 13.9. The van der Waals surface area contributed by atoms with E-state index in [1.165, 1.54) is 36.4 Å². The quantitative estimate of drug-likeness (QED) is 0.157. The third kappa shape index (κ3) is 4.17. The van der Waals surface area contributed by atoms with Gasteiger partial charge in [0, 0.05) is 24.0 Å². The highest BCUT2D eigenvalue weighted by Crippen LogP contribution is 2.57. The van der Waals surface area contributed by atoms with Gasteiger partial charge in [0.15, 0.2) is 0 Å². The van der Waals surface area contributed by atoms with E-state index in [4.69, 9.17) is 0 Å². The molecule has 0 aliphatic heterocycles. The van der Waals surface area contributed by atoms with Gasteiger partial charge in [0.05, 0.1) is 34.5 Å². The molecule has 10 nitrogen and oxygen atoms in total. The number of hydrogen-bond acceptors (Lipinski definition) is 10. The molecule has 4 aromatic carbocycles. The van der Waals surface area contributed by atoms with Gasteiger partial charge in [-0.25, -0.2) is 0 Å². The summed E-state index contributed by atoms with van der Waals surface area (Å²) in [7, 11) is 0. The minimum absolute atomic E-state index is 0.0996. The van der Waals surface area contributed by atoms with Crippen LogP contribution in [0.25, 0.3) is 0 Å². The molecule has 2 unspecified atom stereocenters. The van der Waals surface area contributed by atoms with Crippen LogP contribution in [0, 0.1) is 0 Å². The van der Waals surface area contributed by atoms with Gasteiger partial charge in [-0.05, 0) is 70.5 Å². The smallest absolute Gasteiger partial charge is 0.201 e. The summed E-state index contributed by atoms with van der Waals surface area (Å²) >= 11 is 0. The molecule has 6 rings (SSSR count). The van der Waals surface area contributed by atoms with Crippen LogP contribution in [0.4, 0.5) is 0 Å². The van der Waals surface area contributed by atoms with Crippen molar-refractivity contribution in [1.29, 1.82) is 0 Å². The topological polar surface area (TPSA) is 196 Å². The Hall–Kier alpha value is -5.06. The van der Waals surface area contributed by atoms with Gasteiger partial charge in [0.1, 0.15) is 34.5 Å². The number of phenolic OH excluding ortho intramolecular Hbond substituents is 6. The fraction of sp³-hybridized carbons (Fsp3) is 0.235. The Morgan fingerprint density at radius 3 is 1.11 bits per heavy atom. The van der Waals surface area contributed by atoms with Gasteiger partial charge in [-0.1, -0.05) is 26.0 Å². The Labute approximate surface area is 251 Å². The molecule has 4 aromatic rings. The van der Waals surface area contributed by atoms with Gasteiger partial charge in [-0.3, -0.25) is 9.59 Å². The molecule has 0 saturated heterocycles. The van der Waals surface area contributed by atoms with Crippen molar-refractivity contribution in [2.75, 3.05) is 0 Å². The van der Waals surface area contributed by atoms with Gasteiger partial charge in [-0.2, -0.15) is 0 Å². The number of benzene rings is 4. The third-order valence-electron chi connectivity index (χ3n) is 8.73. The van der Waals surface area contributed by atoms with E-state index in [0.717, 1.165) is 12.1 Å². The van der Waals surface area contributed by atoms with E-state index in [9.17, 15) is 50.4 Å². The number of carbonyl (C=O) groups is 2. The van der Waals surface area contributed by atoms with Gasteiger partial charge >= 0.3 is 0 Å². The van der Waals surface area contributed by atoms with E-state index < -0.39 is 58.6 Å². The molecule has 226 valence electrons. The Kier molecular flexibility index (Phi) is 6.79. The average molecular weight is 599 g/mol. The van der Waals surface area contributed by atoms with Gasteiger partial charge in [0.25, 0.3) is 0 Å². The molecule has 0 saturated carbocycles. The van der Waals surface area contributed by atoms with E-state index in [1.807, 2.05) is 0 Å². The molecule has 0 fully saturated rings. The summed E-state index contributed by atoms with van der Waals surface area (Å²) in [5.41, 5.74) is 0.283. The highest BCUT2D eigenvalue weighted by Gasteiger charge is 2.46. The highest BCUT2D eigenvalue weighted by atomic mass is 16.3. The normalized spacial score (nSPS) is 18.2. The standard InChI is InChI=1S/C34H30O10/c1-3-21(37)13-5-17-27(19-9-15(35)11-25(41)31(19)33(43)29(17)23(39)7-13)28-18-6-14(22(38)4-2)8-24(40)30(18)34(44)32-20(28)10-16(36)12-26(32)42/h5-12,21-22,27-28,35-42H,3-4H2,1-2H3/t21?,22?,27-,28-/m0/s1. The molecule has 44 heavy (non-hydrogen) atoms. The first kappa shape index (κ1) is 29.0. The minimum atomic E-state index is -1.11. The largest absolute Gasteiger partial charge is 0.508 e. The van der Waals surface area contributed by atoms with Crippen LogP contribution in [-0.2, 0) is 0 Å². The van der Waals surface area contributed by atoms with Crippen LogP contribution in [0.3, 0.4) is 0 Å². The predicted octanol–water partition coefficient (Wildman–Crippen LogP) is 4.86. The highest BCUT2D eigenvalue weighted by molar-refractivity contribution is 6.18. The fourth-order valence-corrected chi connectivity index (χ4v) is 6.74. The SMILES string of the molecule is CCC(O)c1cc(O)c2c(c1)[C@H]([C@@H]1c3cc(O)cc(O)c3C(=O)c3c(O)cc(C(O)CC)cc31)c1cc(O)cc(O)c1C2=O. The molecule has 2 aliphatic carbocycles. The minimum Gasteiger partial charge on any atom is -0.508 e. The maximum Gasteiger partial charge on any atom is 0.201 e. The van der Waals surface area contributed by atoms with E-state index in [-0.39, 0.29) is 80.0 Å². The van der Waals surface area contributed by atoms with Crippen LogP contribution in [-0.4, -0.2) is 52.4 Å². The first-order chi connectivity index (χ1) is 20.9. The van der Waals surface area contributed by atoms with Crippen molar-refractivity contribution in [3.8, 4) is 34.5 Å². The van der Waals surface area contributed by atoms with Crippen molar-refractivity contribution in [2.45, 2.75) is 50.7 Å². The third-order valence-corrected chi connectivity index (χ3v) is 8.73. The summed E-state index contributed by atoms with van der Waals surface area (Å²) < 4.78 is 0. The monoisotopic (exact) mass is 598 g/mol. The van der Waals surface area contributed by atoms with Crippen molar-refractivity contribution in [2.24, 2.45) is 0 Å². The second-order valence-corrected chi connectivity index (χ2v) is 11.3. The number of ketones is 2. The molecule has 4 atom stereocenters. The molecule has 8 N–H and O–H groups in total. The van der Waals surface area contributed by atoms with Gasteiger partial charge in [-0.15, -0.1) is 0 Å². The first-order valence-corrected chi connectivity index (χ1v) is 14.2. The summed E-state index contributed by atoms with van der Waals surface area (Å²) in [5.74, 6) is -6.56. The van der Waals surface area contributed by atoms with Crippen molar-refractivity contribution in [1.82, 2.24) is 0 Å². The van der Waals surface area contributed by atoms with Crippen molar-refractivity contribution in [3.63, 3.8) is 0 Å². The first-order valence-electron chi connectivity index (χ1n) is 14.2. The van der Waals surface area contributed by atoms with Crippen LogP contribution in [0.2, 0.25) is 0 Å². The number of carbonyl (C=O) groups excluding carboxylic acids is 2. The van der Waals surface area contributed by atoms with Gasteiger partial charge < -0.3 is 40.9 Å². The van der Waals surface area contributed by atoms with E-state index in [1.54, 1.807) is 13.8 Å². The molecule has 0 heterocycles. The number of fused-ring (bicyclic) bond motifs is 4. The lowest BCUT2D eigenvalue weighted by molar-refractivity contribution is 0.101. The van der Waals surface area contributed by atoms with E-state index >= 15 is 0 Å². The number of rotatable bonds is 5. The molecule has 10 heteroatoms. The molecular weight excluding hydrogens is 568 g/mol. The Balaban J connectivity index is 1.79. The number of phenols is 6. The average Bonchev–Trinajstić information content (AvgIpc) is 2.96. The Morgan fingerprint density at radius 2 is 0.795 bits per heavy atom. The van der Waals surface area contributed by atoms with Crippen LogP contribution >= 0.6 is 0 Å². The predicted molar refractivity (Wildman–Crippen MR) is 157 cm³/mol. The molecule has 2 aliphatic rings. The maximum atomic E-state index is 13.9. The number of aromatic hydroxyl groups is 6. The van der Waals surface area contributed by atoms with E-state index in [2.05, 4.69) is 0 Å². The molecule has 0 aromatic heterocycles. The zero-order valence-electron chi connectivity index (χ0n) is 23.7. The zero-order valence-corrected chi connectivity index (χ0v) is 23.7. The number of aliphatic hydroxyl groups is 2. The van der Waals surface area contributed by atoms with Gasteiger partial charge in [0.2, 0.25) is 11.6 Å². The molecule has 0 radical (unpaired) electrons. The van der Waals surface area contributed by atoms with Crippen molar-refractivity contribution >= 4 is 11.6 Å². The van der Waals surface area contributed by atoms with Crippen LogP contribution in [0.15, 0.2) is 48.5 Å². The summed E-state index contributed by atoms with van der Waals surface area (Å²) in [6.45, 7) is 3.45. The van der Waals surface area contributed by atoms with Crippen molar-refractivity contribution in [3.05, 3.63) is 104 Å². The Bertz CT molecular complexity index is 1760. The summed E-state index contributed by atoms with van der Waals surface area (Å²) in [5, 5.41) is 86.9. The molecule has 0 spiro atoms. The molecule has 0 amide bonds. The van der Waals surface area contributed by atoms with Crippen LogP contribution in [0.5, 0.6) is 34.5 Å². The summed E-state index contributed by atoms with van der Waals surface area (Å²) in [4.78, 5) is 27.7. The fourth-order valence-electron chi connectivity index (χ4n) is 6.74. The second-order valence-electron chi connectivity index (χ2n) is 11.3. The molecule has 0 bridgehead atoms. The molecular formula is C34H30O10. The summed E-state index contributed by atoms with van der Waals surface area (Å²) in [6, 6.07) is 10.1. The lowest BCUT2D eigenvalue weighted by Crippen LogP contribution is -2.30. The Morgan fingerprint density at radius 1 is 0.500 bits per heavy atom. The second kappa shape index (κ2) is 10.3. The summed E-state index contributed by atoms with van der Waals surface area (Å²) in [6.07, 6.45) is -1.52. The van der Waals surface area contributed by atoms with Crippen molar-refractivity contribution < 1.29 is 50.4 Å².